The fourth-order valence-electron chi connectivity index (χ4n) is 1.21. The Morgan fingerprint density at radius 3 is 2.38 bits per heavy atom. The Hall–Kier alpha value is -1.06. The van der Waals surface area contributed by atoms with Gasteiger partial charge in [-0.1, -0.05) is 42.1 Å². The number of alkyl halides is 1. The molecule has 0 aliphatic rings. The SMILES string of the molecule is Cc1cnc(SC(Cl)c2ccccc2)nc1. The van der Waals surface area contributed by atoms with Crippen molar-refractivity contribution in [2.45, 2.75) is 16.8 Å². The fourth-order valence-corrected chi connectivity index (χ4v) is 2.30. The van der Waals surface area contributed by atoms with Crippen LogP contribution in [0.1, 0.15) is 15.8 Å². The first-order chi connectivity index (χ1) is 7.75. The minimum atomic E-state index is -0.149. The van der Waals surface area contributed by atoms with Crippen LogP contribution in [0.3, 0.4) is 0 Å². The molecule has 0 amide bonds. The number of aromatic nitrogens is 2. The Morgan fingerprint density at radius 1 is 1.12 bits per heavy atom. The molecule has 1 heterocycles. The topological polar surface area (TPSA) is 25.8 Å². The number of hydrogen-bond donors (Lipinski definition) is 0. The lowest BCUT2D eigenvalue weighted by Crippen LogP contribution is -1.90. The van der Waals surface area contributed by atoms with Crippen molar-refractivity contribution < 1.29 is 0 Å². The monoisotopic (exact) mass is 250 g/mol. The summed E-state index contributed by atoms with van der Waals surface area (Å²) >= 11 is 7.71. The number of thioether (sulfide) groups is 1. The normalized spacial score (nSPS) is 12.4. The molecule has 0 aliphatic heterocycles. The molecule has 2 rings (SSSR count). The average molecular weight is 251 g/mol. The third-order valence-electron chi connectivity index (χ3n) is 2.03. The fraction of sp³-hybridized carbons (Fsp3) is 0.167. The van der Waals surface area contributed by atoms with E-state index >= 15 is 0 Å². The van der Waals surface area contributed by atoms with Crippen LogP contribution in [-0.4, -0.2) is 9.97 Å². The molecular weight excluding hydrogens is 240 g/mol. The predicted octanol–water partition coefficient (Wildman–Crippen LogP) is 3.81. The molecule has 2 aromatic rings. The summed E-state index contributed by atoms with van der Waals surface area (Å²) in [6.45, 7) is 1.96. The van der Waals surface area contributed by atoms with Crippen LogP contribution in [0.15, 0.2) is 47.9 Å². The summed E-state index contributed by atoms with van der Waals surface area (Å²) in [6, 6.07) is 9.92. The third-order valence-corrected chi connectivity index (χ3v) is 3.45. The van der Waals surface area contributed by atoms with Crippen molar-refractivity contribution in [3.63, 3.8) is 0 Å². The van der Waals surface area contributed by atoms with E-state index in [1.54, 1.807) is 12.4 Å². The standard InChI is InChI=1S/C12H11ClN2S/c1-9-7-14-12(15-8-9)16-11(13)10-5-3-2-4-6-10/h2-8,11H,1H3. The highest BCUT2D eigenvalue weighted by molar-refractivity contribution is 8.00. The van der Waals surface area contributed by atoms with Gasteiger partial charge in [0.15, 0.2) is 5.16 Å². The van der Waals surface area contributed by atoms with E-state index in [1.165, 1.54) is 11.8 Å². The largest absolute Gasteiger partial charge is 0.231 e. The summed E-state index contributed by atoms with van der Waals surface area (Å²) < 4.78 is -0.149. The van der Waals surface area contributed by atoms with Gasteiger partial charge >= 0.3 is 0 Å². The van der Waals surface area contributed by atoms with Gasteiger partial charge in [-0.2, -0.15) is 0 Å². The van der Waals surface area contributed by atoms with E-state index in [2.05, 4.69) is 9.97 Å². The molecule has 4 heteroatoms. The molecule has 0 N–H and O–H groups in total. The molecule has 1 aromatic carbocycles. The summed E-state index contributed by atoms with van der Waals surface area (Å²) in [5, 5.41) is 0.703. The van der Waals surface area contributed by atoms with Gasteiger partial charge in [0.1, 0.15) is 4.71 Å². The van der Waals surface area contributed by atoms with Gasteiger partial charge < -0.3 is 0 Å². The van der Waals surface area contributed by atoms with Crippen LogP contribution in [0.5, 0.6) is 0 Å². The maximum atomic E-state index is 6.26. The highest BCUT2D eigenvalue weighted by atomic mass is 35.5. The van der Waals surface area contributed by atoms with E-state index in [1.807, 2.05) is 37.3 Å². The maximum absolute atomic E-state index is 6.26. The smallest absolute Gasteiger partial charge is 0.189 e. The molecule has 0 radical (unpaired) electrons. The summed E-state index contributed by atoms with van der Waals surface area (Å²) in [6.07, 6.45) is 3.59. The lowest BCUT2D eigenvalue weighted by atomic mass is 10.2. The van der Waals surface area contributed by atoms with Crippen LogP contribution in [0, 0.1) is 6.92 Å². The number of aryl methyl sites for hydroxylation is 1. The number of nitrogens with zero attached hydrogens (tertiary/aromatic N) is 2. The quantitative estimate of drug-likeness (QED) is 0.471. The summed E-state index contributed by atoms with van der Waals surface area (Å²) in [5.74, 6) is 0. The maximum Gasteiger partial charge on any atom is 0.189 e. The zero-order chi connectivity index (χ0) is 11.4. The summed E-state index contributed by atoms with van der Waals surface area (Å²) in [4.78, 5) is 8.42. The number of hydrogen-bond acceptors (Lipinski definition) is 3. The number of rotatable bonds is 3. The minimum absolute atomic E-state index is 0.149. The Balaban J connectivity index is 2.08. The van der Waals surface area contributed by atoms with Gasteiger partial charge in [0.05, 0.1) is 0 Å². The third kappa shape index (κ3) is 2.97. The molecule has 82 valence electrons. The van der Waals surface area contributed by atoms with Crippen molar-refractivity contribution >= 4 is 23.4 Å². The molecule has 16 heavy (non-hydrogen) atoms. The van der Waals surface area contributed by atoms with Crippen LogP contribution in [-0.2, 0) is 0 Å². The lowest BCUT2D eigenvalue weighted by molar-refractivity contribution is 0.948. The first-order valence-electron chi connectivity index (χ1n) is 4.90. The van der Waals surface area contributed by atoms with Crippen LogP contribution in [0.4, 0.5) is 0 Å². The predicted molar refractivity (Wildman–Crippen MR) is 67.7 cm³/mol. The van der Waals surface area contributed by atoms with E-state index in [-0.39, 0.29) is 4.71 Å². The minimum Gasteiger partial charge on any atom is -0.231 e. The van der Waals surface area contributed by atoms with Gasteiger partial charge in [-0.25, -0.2) is 9.97 Å². The van der Waals surface area contributed by atoms with Crippen LogP contribution in [0.25, 0.3) is 0 Å². The Morgan fingerprint density at radius 2 is 1.75 bits per heavy atom. The second-order valence-corrected chi connectivity index (χ2v) is 5.16. The van der Waals surface area contributed by atoms with Crippen molar-refractivity contribution in [1.82, 2.24) is 9.97 Å². The zero-order valence-corrected chi connectivity index (χ0v) is 10.4. The zero-order valence-electron chi connectivity index (χ0n) is 8.80. The Bertz CT molecular complexity index is 444. The second-order valence-electron chi connectivity index (χ2n) is 3.39. The van der Waals surface area contributed by atoms with Crippen molar-refractivity contribution in [2.75, 3.05) is 0 Å². The molecule has 0 fully saturated rings. The van der Waals surface area contributed by atoms with Crippen molar-refractivity contribution in [3.05, 3.63) is 53.9 Å². The molecule has 0 spiro atoms. The van der Waals surface area contributed by atoms with Gasteiger partial charge in [0.25, 0.3) is 0 Å². The van der Waals surface area contributed by atoms with E-state index in [9.17, 15) is 0 Å². The highest BCUT2D eigenvalue weighted by Crippen LogP contribution is 2.36. The first-order valence-corrected chi connectivity index (χ1v) is 6.21. The second kappa shape index (κ2) is 5.32. The van der Waals surface area contributed by atoms with Gasteiger partial charge in [0, 0.05) is 12.4 Å². The van der Waals surface area contributed by atoms with Gasteiger partial charge in [-0.05, 0) is 18.1 Å². The lowest BCUT2D eigenvalue weighted by Gasteiger charge is -2.07. The number of halogens is 1. The van der Waals surface area contributed by atoms with Gasteiger partial charge in [0.2, 0.25) is 0 Å². The molecule has 0 saturated carbocycles. The molecule has 1 aromatic heterocycles. The highest BCUT2D eigenvalue weighted by Gasteiger charge is 2.10. The van der Waals surface area contributed by atoms with Crippen LogP contribution < -0.4 is 0 Å². The van der Waals surface area contributed by atoms with Crippen LogP contribution >= 0.6 is 23.4 Å². The first kappa shape index (κ1) is 11.4. The Kier molecular flexibility index (Phi) is 3.80. The van der Waals surface area contributed by atoms with Crippen molar-refractivity contribution in [1.29, 1.82) is 0 Å². The Labute approximate surface area is 104 Å². The van der Waals surface area contributed by atoms with E-state index < -0.39 is 0 Å². The molecule has 0 aliphatic carbocycles. The van der Waals surface area contributed by atoms with E-state index in [0.717, 1.165) is 11.1 Å². The molecule has 0 saturated heterocycles. The summed E-state index contributed by atoms with van der Waals surface area (Å²) in [5.41, 5.74) is 2.12. The molecule has 2 nitrogen and oxygen atoms in total. The average Bonchev–Trinajstić information content (AvgIpc) is 2.33. The van der Waals surface area contributed by atoms with Gasteiger partial charge in [-0.15, -0.1) is 11.6 Å². The van der Waals surface area contributed by atoms with E-state index in [4.69, 9.17) is 11.6 Å². The van der Waals surface area contributed by atoms with Crippen molar-refractivity contribution in [2.24, 2.45) is 0 Å². The molecule has 1 atom stereocenters. The molecule has 0 bridgehead atoms. The summed E-state index contributed by atoms with van der Waals surface area (Å²) in [7, 11) is 0. The molecule has 1 unspecified atom stereocenters. The number of benzene rings is 1. The van der Waals surface area contributed by atoms with E-state index in [0.29, 0.717) is 5.16 Å². The van der Waals surface area contributed by atoms with Crippen molar-refractivity contribution in [3.8, 4) is 0 Å². The van der Waals surface area contributed by atoms with Gasteiger partial charge in [-0.3, -0.25) is 0 Å². The van der Waals surface area contributed by atoms with Crippen LogP contribution in [0.2, 0.25) is 0 Å². The molecular formula is C12H11ClN2S.